The molecule has 0 saturated heterocycles. The average Bonchev–Trinajstić information content (AvgIpc) is 3.59. The molecule has 0 saturated carbocycles. The first-order valence-corrected chi connectivity index (χ1v) is 13.2. The smallest absolute Gasteiger partial charge is 0.263 e. The number of nitrogens with zero attached hydrogens (tertiary/aromatic N) is 4. The molecule has 0 amide bonds. The van der Waals surface area contributed by atoms with Crippen molar-refractivity contribution < 1.29 is 9.26 Å². The van der Waals surface area contributed by atoms with Crippen molar-refractivity contribution in [1.82, 2.24) is 19.7 Å². The number of fused-ring (bicyclic) bond motifs is 1. The number of rotatable bonds is 8. The van der Waals surface area contributed by atoms with E-state index in [0.717, 1.165) is 20.8 Å². The summed E-state index contributed by atoms with van der Waals surface area (Å²) in [7, 11) is 0. The molecule has 1 aromatic carbocycles. The van der Waals surface area contributed by atoms with Crippen molar-refractivity contribution in [3.63, 3.8) is 0 Å². The molecule has 168 valence electrons. The fourth-order valence-corrected chi connectivity index (χ4v) is 6.19. The van der Waals surface area contributed by atoms with E-state index < -0.39 is 0 Å². The lowest BCUT2D eigenvalue weighted by Gasteiger charge is -2.09. The van der Waals surface area contributed by atoms with Crippen molar-refractivity contribution in [3.8, 4) is 27.6 Å². The monoisotopic (exact) mass is 496 g/mol. The van der Waals surface area contributed by atoms with E-state index in [1.807, 2.05) is 61.0 Å². The fraction of sp³-hybridized carbons (Fsp3) is 0.217. The highest BCUT2D eigenvalue weighted by Gasteiger charge is 2.19. The average molecular weight is 497 g/mol. The first-order valence-electron chi connectivity index (χ1n) is 10.4. The lowest BCUT2D eigenvalue weighted by Crippen LogP contribution is -2.22. The molecule has 4 aromatic heterocycles. The molecule has 5 rings (SSSR count). The van der Waals surface area contributed by atoms with Gasteiger partial charge in [-0.25, -0.2) is 4.98 Å². The Kier molecular flexibility index (Phi) is 6.30. The SMILES string of the molecule is CCOc1ccccc1-c1noc(CSc2nc3scc(-c4cccs4)c3c(=O)n2CC)n1. The van der Waals surface area contributed by atoms with Crippen LogP contribution in [0.3, 0.4) is 0 Å². The second-order valence-electron chi connectivity index (χ2n) is 6.98. The Balaban J connectivity index is 1.42. The standard InChI is InChI=1S/C23H20N4O3S3/c1-3-27-22(28)19-15(17-10-7-11-31-17)12-32-21(19)25-23(27)33-13-18-24-20(26-30-18)14-8-5-6-9-16(14)29-4-2/h5-12H,3-4,13H2,1-2H3. The molecule has 10 heteroatoms. The van der Waals surface area contributed by atoms with E-state index in [1.165, 1.54) is 23.1 Å². The number of thioether (sulfide) groups is 1. The minimum Gasteiger partial charge on any atom is -0.493 e. The van der Waals surface area contributed by atoms with Gasteiger partial charge >= 0.3 is 0 Å². The zero-order chi connectivity index (χ0) is 22.8. The highest BCUT2D eigenvalue weighted by Crippen LogP contribution is 2.35. The fourth-order valence-electron chi connectivity index (χ4n) is 3.49. The molecule has 0 atom stereocenters. The summed E-state index contributed by atoms with van der Waals surface area (Å²) in [5.41, 5.74) is 1.71. The molecule has 4 heterocycles. The molecule has 0 spiro atoms. The molecule has 0 fully saturated rings. The van der Waals surface area contributed by atoms with E-state index in [0.29, 0.717) is 46.9 Å². The number of ether oxygens (including phenoxy) is 1. The van der Waals surface area contributed by atoms with Gasteiger partial charge in [0.2, 0.25) is 11.7 Å². The lowest BCUT2D eigenvalue weighted by atomic mass is 10.2. The van der Waals surface area contributed by atoms with Crippen LogP contribution < -0.4 is 10.3 Å². The predicted molar refractivity (Wildman–Crippen MR) is 133 cm³/mol. The molecule has 33 heavy (non-hydrogen) atoms. The van der Waals surface area contributed by atoms with Crippen molar-refractivity contribution in [2.24, 2.45) is 0 Å². The number of benzene rings is 1. The largest absolute Gasteiger partial charge is 0.493 e. The Morgan fingerprint density at radius 2 is 1.97 bits per heavy atom. The zero-order valence-corrected chi connectivity index (χ0v) is 20.4. The Labute approximate surface area is 202 Å². The van der Waals surface area contributed by atoms with Gasteiger partial charge < -0.3 is 9.26 Å². The number of hydrogen-bond acceptors (Lipinski definition) is 9. The van der Waals surface area contributed by atoms with E-state index in [1.54, 1.807) is 15.9 Å². The van der Waals surface area contributed by atoms with Crippen molar-refractivity contribution in [2.45, 2.75) is 31.3 Å². The lowest BCUT2D eigenvalue weighted by molar-refractivity contribution is 0.341. The van der Waals surface area contributed by atoms with Crippen LogP contribution in [0.15, 0.2) is 61.6 Å². The van der Waals surface area contributed by atoms with E-state index in [2.05, 4.69) is 10.1 Å². The maximum atomic E-state index is 13.3. The third-order valence-corrected chi connectivity index (χ3v) is 7.72. The quantitative estimate of drug-likeness (QED) is 0.194. The summed E-state index contributed by atoms with van der Waals surface area (Å²) >= 11 is 4.53. The summed E-state index contributed by atoms with van der Waals surface area (Å²) < 4.78 is 12.8. The summed E-state index contributed by atoms with van der Waals surface area (Å²) in [6.07, 6.45) is 0. The van der Waals surface area contributed by atoms with Gasteiger partial charge in [-0.3, -0.25) is 9.36 Å². The van der Waals surface area contributed by atoms with Crippen LogP contribution in [0.5, 0.6) is 5.75 Å². The second-order valence-corrected chi connectivity index (χ2v) is 9.73. The van der Waals surface area contributed by atoms with Gasteiger partial charge in [0.05, 0.1) is 23.3 Å². The first-order chi connectivity index (χ1) is 16.2. The topological polar surface area (TPSA) is 83.0 Å². The van der Waals surface area contributed by atoms with Crippen LogP contribution >= 0.6 is 34.4 Å². The van der Waals surface area contributed by atoms with Gasteiger partial charge in [0.1, 0.15) is 10.6 Å². The number of aromatic nitrogens is 4. The van der Waals surface area contributed by atoms with Gasteiger partial charge in [0.15, 0.2) is 5.16 Å². The van der Waals surface area contributed by atoms with Crippen LogP contribution in [0.25, 0.3) is 32.0 Å². The van der Waals surface area contributed by atoms with E-state index in [9.17, 15) is 4.79 Å². The maximum Gasteiger partial charge on any atom is 0.263 e. The molecule has 0 bridgehead atoms. The predicted octanol–water partition coefficient (Wildman–Crippen LogP) is 5.95. The summed E-state index contributed by atoms with van der Waals surface area (Å²) in [4.78, 5) is 24.5. The van der Waals surface area contributed by atoms with Crippen LogP contribution in [-0.4, -0.2) is 26.3 Å². The van der Waals surface area contributed by atoms with Gasteiger partial charge in [-0.2, -0.15) is 4.98 Å². The number of hydrogen-bond donors (Lipinski definition) is 0. The second kappa shape index (κ2) is 9.50. The molecule has 0 aliphatic heterocycles. The highest BCUT2D eigenvalue weighted by molar-refractivity contribution is 7.98. The third-order valence-electron chi connectivity index (χ3n) is 4.98. The molecule has 5 aromatic rings. The zero-order valence-electron chi connectivity index (χ0n) is 18.0. The maximum absolute atomic E-state index is 13.3. The highest BCUT2D eigenvalue weighted by atomic mass is 32.2. The Hall–Kier alpha value is -2.95. The van der Waals surface area contributed by atoms with Crippen molar-refractivity contribution >= 4 is 44.7 Å². The third kappa shape index (κ3) is 4.21. The Morgan fingerprint density at radius 3 is 2.76 bits per heavy atom. The van der Waals surface area contributed by atoms with Crippen molar-refractivity contribution in [2.75, 3.05) is 6.61 Å². The summed E-state index contributed by atoms with van der Waals surface area (Å²) in [6, 6.07) is 11.6. The molecule has 0 unspecified atom stereocenters. The van der Waals surface area contributed by atoms with Gasteiger partial charge in [-0.1, -0.05) is 35.1 Å². The molecule has 0 radical (unpaired) electrons. The summed E-state index contributed by atoms with van der Waals surface area (Å²) in [6.45, 7) is 4.96. The van der Waals surface area contributed by atoms with Crippen LogP contribution in [0.2, 0.25) is 0 Å². The van der Waals surface area contributed by atoms with Crippen LogP contribution in [-0.2, 0) is 12.3 Å². The van der Waals surface area contributed by atoms with Gasteiger partial charge in [0, 0.05) is 22.4 Å². The van der Waals surface area contributed by atoms with Crippen molar-refractivity contribution in [1.29, 1.82) is 0 Å². The van der Waals surface area contributed by atoms with Crippen LogP contribution in [0.1, 0.15) is 19.7 Å². The Morgan fingerprint density at radius 1 is 1.09 bits per heavy atom. The first kappa shape index (κ1) is 21.9. The number of thiophene rings is 2. The minimum atomic E-state index is -0.0218. The molecule has 0 aliphatic rings. The van der Waals surface area contributed by atoms with Gasteiger partial charge in [0.25, 0.3) is 5.56 Å². The molecular weight excluding hydrogens is 476 g/mol. The molecule has 7 nitrogen and oxygen atoms in total. The summed E-state index contributed by atoms with van der Waals surface area (Å²) in [5.74, 6) is 2.06. The molecular formula is C23H20N4O3S3. The van der Waals surface area contributed by atoms with Crippen molar-refractivity contribution in [3.05, 3.63) is 63.4 Å². The van der Waals surface area contributed by atoms with Gasteiger partial charge in [-0.15, -0.1) is 22.7 Å². The molecule has 0 aliphatic carbocycles. The van der Waals surface area contributed by atoms with E-state index in [-0.39, 0.29) is 5.56 Å². The molecule has 0 N–H and O–H groups in total. The van der Waals surface area contributed by atoms with Crippen LogP contribution in [0, 0.1) is 0 Å². The number of para-hydroxylation sites is 1. The van der Waals surface area contributed by atoms with E-state index >= 15 is 0 Å². The van der Waals surface area contributed by atoms with Crippen LogP contribution in [0.4, 0.5) is 0 Å². The Bertz CT molecular complexity index is 1450. The van der Waals surface area contributed by atoms with Gasteiger partial charge in [-0.05, 0) is 37.4 Å². The van der Waals surface area contributed by atoms with E-state index in [4.69, 9.17) is 14.2 Å². The normalized spacial score (nSPS) is 11.3. The summed E-state index contributed by atoms with van der Waals surface area (Å²) in [5, 5.41) is 9.47. The minimum absolute atomic E-state index is 0.0218.